The van der Waals surface area contributed by atoms with E-state index in [4.69, 9.17) is 9.47 Å². The summed E-state index contributed by atoms with van der Waals surface area (Å²) in [6.07, 6.45) is 9.55. The molecule has 1 aromatic carbocycles. The van der Waals surface area contributed by atoms with E-state index in [2.05, 4.69) is 37.2 Å². The van der Waals surface area contributed by atoms with Gasteiger partial charge in [-0.05, 0) is 44.7 Å². The maximum absolute atomic E-state index is 6.03. The molecular weight excluding hydrogens is 312 g/mol. The van der Waals surface area contributed by atoms with Crippen LogP contribution in [0.3, 0.4) is 0 Å². The lowest BCUT2D eigenvalue weighted by Crippen LogP contribution is -2.04. The standard InChI is InChI=1S/C21H28N2O2/c1-5-7-9-10-14-24-20-12-11-17(3)15-18(20)19-16-22-21(23(19)4)25-13-8-6-2/h5-6,11-12,15-16H,1-2,7-10,13-14H2,3-4H3. The maximum atomic E-state index is 6.03. The minimum atomic E-state index is 0.578. The lowest BCUT2D eigenvalue weighted by molar-refractivity contribution is 0.289. The number of benzene rings is 1. The topological polar surface area (TPSA) is 36.3 Å². The summed E-state index contributed by atoms with van der Waals surface area (Å²) in [6, 6.07) is 6.84. The van der Waals surface area contributed by atoms with Crippen LogP contribution in [0.2, 0.25) is 0 Å². The van der Waals surface area contributed by atoms with Crippen molar-refractivity contribution in [1.82, 2.24) is 9.55 Å². The first kappa shape index (κ1) is 18.8. The molecule has 0 N–H and O–H groups in total. The van der Waals surface area contributed by atoms with Gasteiger partial charge in [0.1, 0.15) is 5.75 Å². The molecule has 0 aliphatic heterocycles. The van der Waals surface area contributed by atoms with Gasteiger partial charge in [-0.3, -0.25) is 4.57 Å². The summed E-state index contributed by atoms with van der Waals surface area (Å²) in [7, 11) is 1.96. The van der Waals surface area contributed by atoms with Gasteiger partial charge < -0.3 is 9.47 Å². The molecule has 1 heterocycles. The van der Waals surface area contributed by atoms with Crippen molar-refractivity contribution >= 4 is 0 Å². The first-order valence-corrected chi connectivity index (χ1v) is 8.77. The van der Waals surface area contributed by atoms with E-state index >= 15 is 0 Å². The molecule has 0 radical (unpaired) electrons. The van der Waals surface area contributed by atoms with Gasteiger partial charge >= 0.3 is 0 Å². The van der Waals surface area contributed by atoms with Crippen molar-refractivity contribution in [1.29, 1.82) is 0 Å². The van der Waals surface area contributed by atoms with Crippen molar-refractivity contribution in [2.45, 2.75) is 32.6 Å². The number of ether oxygens (including phenoxy) is 2. The molecule has 1 aromatic heterocycles. The zero-order valence-corrected chi connectivity index (χ0v) is 15.3. The van der Waals surface area contributed by atoms with Gasteiger partial charge in [0, 0.05) is 12.6 Å². The number of aryl methyl sites for hydroxylation is 1. The van der Waals surface area contributed by atoms with E-state index in [1.165, 1.54) is 5.56 Å². The Kier molecular flexibility index (Phi) is 7.33. The monoisotopic (exact) mass is 340 g/mol. The van der Waals surface area contributed by atoms with Crippen LogP contribution in [0.1, 0.15) is 31.2 Å². The third-order valence-electron chi connectivity index (χ3n) is 3.97. The number of unbranched alkanes of at least 4 members (excludes halogenated alkanes) is 2. The fraction of sp³-hybridized carbons (Fsp3) is 0.381. The van der Waals surface area contributed by atoms with Crippen LogP contribution < -0.4 is 9.47 Å². The van der Waals surface area contributed by atoms with Crippen molar-refractivity contribution in [3.63, 3.8) is 0 Å². The molecule has 25 heavy (non-hydrogen) atoms. The quantitative estimate of drug-likeness (QED) is 0.422. The van der Waals surface area contributed by atoms with Crippen LogP contribution in [-0.4, -0.2) is 22.8 Å². The molecule has 134 valence electrons. The fourth-order valence-electron chi connectivity index (χ4n) is 2.55. The summed E-state index contributed by atoms with van der Waals surface area (Å²) in [5, 5.41) is 0. The van der Waals surface area contributed by atoms with Gasteiger partial charge in [-0.2, -0.15) is 0 Å². The van der Waals surface area contributed by atoms with Crippen LogP contribution in [0.15, 0.2) is 49.7 Å². The summed E-state index contributed by atoms with van der Waals surface area (Å²) in [4.78, 5) is 4.40. The van der Waals surface area contributed by atoms with Crippen molar-refractivity contribution in [3.05, 3.63) is 55.3 Å². The number of imidazole rings is 1. The molecule has 2 rings (SSSR count). The van der Waals surface area contributed by atoms with Crippen LogP contribution in [0, 0.1) is 6.92 Å². The number of aromatic nitrogens is 2. The van der Waals surface area contributed by atoms with E-state index in [0.717, 1.165) is 42.7 Å². The Morgan fingerprint density at radius 1 is 1.08 bits per heavy atom. The van der Waals surface area contributed by atoms with Crippen LogP contribution >= 0.6 is 0 Å². The molecular formula is C21H28N2O2. The summed E-state index contributed by atoms with van der Waals surface area (Å²) in [5.74, 6) is 0.879. The highest BCUT2D eigenvalue weighted by molar-refractivity contribution is 5.68. The summed E-state index contributed by atoms with van der Waals surface area (Å²) in [6.45, 7) is 10.8. The highest BCUT2D eigenvalue weighted by atomic mass is 16.5. The zero-order valence-electron chi connectivity index (χ0n) is 15.3. The second-order valence-electron chi connectivity index (χ2n) is 6.04. The Morgan fingerprint density at radius 2 is 1.88 bits per heavy atom. The number of allylic oxidation sites excluding steroid dienone is 1. The normalized spacial score (nSPS) is 10.5. The lowest BCUT2D eigenvalue weighted by atomic mass is 10.1. The number of rotatable bonds is 11. The van der Waals surface area contributed by atoms with Gasteiger partial charge in [0.25, 0.3) is 6.01 Å². The van der Waals surface area contributed by atoms with E-state index in [9.17, 15) is 0 Å². The van der Waals surface area contributed by atoms with Gasteiger partial charge in [0.2, 0.25) is 0 Å². The molecule has 4 heteroatoms. The van der Waals surface area contributed by atoms with Gasteiger partial charge in [0.05, 0.1) is 25.1 Å². The summed E-state index contributed by atoms with van der Waals surface area (Å²) >= 11 is 0. The predicted molar refractivity (Wildman–Crippen MR) is 103 cm³/mol. The van der Waals surface area contributed by atoms with Gasteiger partial charge in [-0.1, -0.05) is 23.8 Å². The Bertz CT molecular complexity index is 704. The second kappa shape index (κ2) is 9.72. The van der Waals surface area contributed by atoms with Crippen molar-refractivity contribution in [2.24, 2.45) is 7.05 Å². The Morgan fingerprint density at radius 3 is 2.64 bits per heavy atom. The van der Waals surface area contributed by atoms with Gasteiger partial charge in [-0.25, -0.2) is 4.98 Å². The van der Waals surface area contributed by atoms with E-state index < -0.39 is 0 Å². The second-order valence-corrected chi connectivity index (χ2v) is 6.04. The minimum Gasteiger partial charge on any atom is -0.493 e. The third kappa shape index (κ3) is 5.24. The first-order chi connectivity index (χ1) is 12.2. The molecule has 0 saturated heterocycles. The van der Waals surface area contributed by atoms with Crippen LogP contribution in [-0.2, 0) is 7.05 Å². The highest BCUT2D eigenvalue weighted by Crippen LogP contribution is 2.32. The first-order valence-electron chi connectivity index (χ1n) is 8.77. The molecule has 0 saturated carbocycles. The Hall–Kier alpha value is -2.49. The van der Waals surface area contributed by atoms with E-state index in [0.29, 0.717) is 19.2 Å². The number of hydrogen-bond acceptors (Lipinski definition) is 3. The van der Waals surface area contributed by atoms with E-state index in [-0.39, 0.29) is 0 Å². The molecule has 0 unspecified atom stereocenters. The predicted octanol–water partition coefficient (Wildman–Crippen LogP) is 5.09. The molecule has 0 fully saturated rings. The lowest BCUT2D eigenvalue weighted by Gasteiger charge is -2.13. The third-order valence-corrected chi connectivity index (χ3v) is 3.97. The molecule has 4 nitrogen and oxygen atoms in total. The van der Waals surface area contributed by atoms with Crippen LogP contribution in [0.4, 0.5) is 0 Å². The van der Waals surface area contributed by atoms with Gasteiger partial charge in [0.15, 0.2) is 0 Å². The summed E-state index contributed by atoms with van der Waals surface area (Å²) in [5.41, 5.74) is 3.21. The van der Waals surface area contributed by atoms with Crippen LogP contribution in [0.25, 0.3) is 11.3 Å². The van der Waals surface area contributed by atoms with E-state index in [1.54, 1.807) is 0 Å². The average molecular weight is 340 g/mol. The maximum Gasteiger partial charge on any atom is 0.296 e. The Balaban J connectivity index is 2.15. The molecule has 0 aliphatic rings. The van der Waals surface area contributed by atoms with Crippen molar-refractivity contribution < 1.29 is 9.47 Å². The number of hydrogen-bond donors (Lipinski definition) is 0. The fourth-order valence-corrected chi connectivity index (χ4v) is 2.55. The molecule has 0 aliphatic carbocycles. The highest BCUT2D eigenvalue weighted by Gasteiger charge is 2.14. The molecule has 0 bridgehead atoms. The van der Waals surface area contributed by atoms with E-state index in [1.807, 2.05) is 36.0 Å². The van der Waals surface area contributed by atoms with Crippen molar-refractivity contribution in [3.8, 4) is 23.0 Å². The average Bonchev–Trinajstić information content (AvgIpc) is 2.97. The molecule has 0 spiro atoms. The SMILES string of the molecule is C=CCCCCOc1ccc(C)cc1-c1cnc(OCCC=C)n1C. The summed E-state index contributed by atoms with van der Waals surface area (Å²) < 4.78 is 13.7. The van der Waals surface area contributed by atoms with Gasteiger partial charge in [-0.15, -0.1) is 13.2 Å². The number of nitrogens with zero attached hydrogens (tertiary/aromatic N) is 2. The molecule has 0 amide bonds. The van der Waals surface area contributed by atoms with Crippen molar-refractivity contribution in [2.75, 3.05) is 13.2 Å². The minimum absolute atomic E-state index is 0.578. The smallest absolute Gasteiger partial charge is 0.296 e. The molecule has 2 aromatic rings. The van der Waals surface area contributed by atoms with Crippen LogP contribution in [0.5, 0.6) is 11.8 Å². The molecule has 0 atom stereocenters. The zero-order chi connectivity index (χ0) is 18.1. The Labute approximate surface area is 150 Å². The largest absolute Gasteiger partial charge is 0.493 e.